The molecule has 5 rings (SSSR count). The maximum atomic E-state index is 8.70. The molecule has 0 bridgehead atoms. The predicted octanol–water partition coefficient (Wildman–Crippen LogP) is 3.13. The van der Waals surface area contributed by atoms with E-state index < -0.39 is 0 Å². The van der Waals surface area contributed by atoms with Gasteiger partial charge >= 0.3 is 0 Å². The summed E-state index contributed by atoms with van der Waals surface area (Å²) in [5, 5.41) is 8.70. The van der Waals surface area contributed by atoms with Gasteiger partial charge in [-0.1, -0.05) is 12.1 Å². The van der Waals surface area contributed by atoms with Gasteiger partial charge in [-0.3, -0.25) is 10.3 Å². The molecule has 1 unspecified atom stereocenters. The molecule has 0 radical (unpaired) electrons. The maximum absolute atomic E-state index is 8.70. The molecule has 0 spiro atoms. The quantitative estimate of drug-likeness (QED) is 0.693. The van der Waals surface area contributed by atoms with Gasteiger partial charge in [0.25, 0.3) is 0 Å². The molecule has 31 heavy (non-hydrogen) atoms. The molecule has 1 saturated carbocycles. The Hall–Kier alpha value is -2.51. The number of hydrogen-bond acceptors (Lipinski definition) is 7. The van der Waals surface area contributed by atoms with Crippen molar-refractivity contribution in [3.8, 4) is 5.75 Å². The minimum Gasteiger partial charge on any atom is -0.488 e. The topological polar surface area (TPSA) is 74.6 Å². The molecule has 1 aromatic carbocycles. The second-order valence-electron chi connectivity index (χ2n) is 9.14. The third-order valence-electron chi connectivity index (χ3n) is 6.53. The van der Waals surface area contributed by atoms with Crippen molar-refractivity contribution in [1.82, 2.24) is 14.9 Å². The van der Waals surface area contributed by atoms with Crippen LogP contribution in [0.2, 0.25) is 0 Å². The molecule has 2 aliphatic heterocycles. The van der Waals surface area contributed by atoms with Gasteiger partial charge in [0.15, 0.2) is 0 Å². The fourth-order valence-corrected chi connectivity index (χ4v) is 4.32. The van der Waals surface area contributed by atoms with E-state index in [0.29, 0.717) is 17.5 Å². The summed E-state index contributed by atoms with van der Waals surface area (Å²) in [6, 6.07) is 9.73. The Balaban J connectivity index is 1.23. The van der Waals surface area contributed by atoms with E-state index in [9.17, 15) is 0 Å². The van der Waals surface area contributed by atoms with Crippen LogP contribution < -0.4 is 9.64 Å². The van der Waals surface area contributed by atoms with Crippen LogP contribution >= 0.6 is 0 Å². The van der Waals surface area contributed by atoms with Gasteiger partial charge in [-0.2, -0.15) is 0 Å². The molecule has 164 valence electrons. The van der Waals surface area contributed by atoms with E-state index in [2.05, 4.69) is 26.7 Å². The van der Waals surface area contributed by atoms with Gasteiger partial charge in [-0.05, 0) is 44.7 Å². The molecule has 3 aliphatic rings. The summed E-state index contributed by atoms with van der Waals surface area (Å²) in [6.45, 7) is 7.95. The summed E-state index contributed by atoms with van der Waals surface area (Å²) >= 11 is 0. The lowest BCUT2D eigenvalue weighted by molar-refractivity contribution is 0.0712. The normalized spacial score (nSPS) is 23.0. The lowest BCUT2D eigenvalue weighted by Crippen LogP contribution is -2.48. The van der Waals surface area contributed by atoms with Crippen LogP contribution in [0, 0.1) is 5.41 Å². The second kappa shape index (κ2) is 8.55. The zero-order chi connectivity index (χ0) is 21.3. The van der Waals surface area contributed by atoms with Gasteiger partial charge in [-0.15, -0.1) is 0 Å². The average Bonchev–Trinajstić information content (AvgIpc) is 3.29. The molecule has 1 N–H and O–H groups in total. The molecule has 2 saturated heterocycles. The van der Waals surface area contributed by atoms with Crippen LogP contribution in [0.5, 0.6) is 5.75 Å². The van der Waals surface area contributed by atoms with Crippen LogP contribution in [-0.4, -0.2) is 71.6 Å². The van der Waals surface area contributed by atoms with Crippen molar-refractivity contribution in [2.24, 2.45) is 0 Å². The van der Waals surface area contributed by atoms with Gasteiger partial charge < -0.3 is 14.4 Å². The van der Waals surface area contributed by atoms with Crippen molar-refractivity contribution >= 4 is 11.5 Å². The number of nitrogens with one attached hydrogen (secondary N) is 1. The number of piperazine rings is 1. The van der Waals surface area contributed by atoms with Crippen molar-refractivity contribution in [1.29, 1.82) is 5.41 Å². The third kappa shape index (κ3) is 4.88. The Kier molecular flexibility index (Phi) is 5.63. The highest BCUT2D eigenvalue weighted by Gasteiger charge is 2.40. The first kappa shape index (κ1) is 20.4. The number of rotatable bonds is 7. The number of nitrogens with zero attached hydrogens (tertiary/aromatic N) is 4. The third-order valence-corrected chi connectivity index (χ3v) is 6.53. The fourth-order valence-electron chi connectivity index (χ4n) is 4.32. The molecule has 2 aromatic rings. The molecule has 1 aromatic heterocycles. The molecule has 7 heteroatoms. The standard InChI is InChI=1S/C24H31N5O2/c1-24(7-8-24)31-19-5-2-4-18(14-19)23(25)21-15-22(27-17-26-21)29-11-9-28(10-12-29)16-20-6-3-13-30-20/h2,4-5,14-15,17,20,25H,3,6-13,16H2,1H3. The van der Waals surface area contributed by atoms with Crippen molar-refractivity contribution < 1.29 is 9.47 Å². The minimum absolute atomic E-state index is 0.0328. The molecule has 1 atom stereocenters. The van der Waals surface area contributed by atoms with Gasteiger partial charge in [0, 0.05) is 51.0 Å². The van der Waals surface area contributed by atoms with Crippen LogP contribution in [-0.2, 0) is 4.74 Å². The number of hydrogen-bond donors (Lipinski definition) is 1. The summed E-state index contributed by atoms with van der Waals surface area (Å²) in [5.74, 6) is 1.71. The van der Waals surface area contributed by atoms with Crippen LogP contribution in [0.15, 0.2) is 36.7 Å². The van der Waals surface area contributed by atoms with E-state index in [0.717, 1.165) is 69.3 Å². The predicted molar refractivity (Wildman–Crippen MR) is 120 cm³/mol. The Morgan fingerprint density at radius 2 is 2.03 bits per heavy atom. The lowest BCUT2D eigenvalue weighted by atomic mass is 10.1. The monoisotopic (exact) mass is 421 g/mol. The molecule has 7 nitrogen and oxygen atoms in total. The number of aromatic nitrogens is 2. The van der Waals surface area contributed by atoms with E-state index in [1.807, 2.05) is 30.3 Å². The van der Waals surface area contributed by atoms with E-state index in [-0.39, 0.29) is 5.60 Å². The Morgan fingerprint density at radius 1 is 1.19 bits per heavy atom. The molecule has 0 amide bonds. The van der Waals surface area contributed by atoms with Gasteiger partial charge in [-0.25, -0.2) is 9.97 Å². The van der Waals surface area contributed by atoms with Gasteiger partial charge in [0.05, 0.1) is 17.5 Å². The van der Waals surface area contributed by atoms with Crippen molar-refractivity contribution in [3.05, 3.63) is 47.9 Å². The van der Waals surface area contributed by atoms with Crippen LogP contribution in [0.25, 0.3) is 0 Å². The SMILES string of the molecule is CC1(Oc2cccc(C(=N)c3cc(N4CCN(CC5CCCO5)CC4)ncn3)c2)CC1. The van der Waals surface area contributed by atoms with Crippen molar-refractivity contribution in [2.45, 2.75) is 44.3 Å². The van der Waals surface area contributed by atoms with Crippen molar-refractivity contribution in [2.75, 3.05) is 44.2 Å². The second-order valence-corrected chi connectivity index (χ2v) is 9.14. The molecule has 3 heterocycles. The largest absolute Gasteiger partial charge is 0.488 e. The first-order chi connectivity index (χ1) is 15.1. The smallest absolute Gasteiger partial charge is 0.132 e. The van der Waals surface area contributed by atoms with Gasteiger partial charge in [0.1, 0.15) is 23.5 Å². The molecule has 3 fully saturated rings. The Labute approximate surface area is 183 Å². The highest BCUT2D eigenvalue weighted by atomic mass is 16.5. The first-order valence-corrected chi connectivity index (χ1v) is 11.4. The number of anilines is 1. The van der Waals surface area contributed by atoms with E-state index in [1.54, 1.807) is 6.33 Å². The van der Waals surface area contributed by atoms with Crippen LogP contribution in [0.1, 0.15) is 43.9 Å². The Bertz CT molecular complexity index is 931. The minimum atomic E-state index is -0.0328. The Morgan fingerprint density at radius 3 is 2.77 bits per heavy atom. The maximum Gasteiger partial charge on any atom is 0.132 e. The average molecular weight is 422 g/mol. The first-order valence-electron chi connectivity index (χ1n) is 11.4. The van der Waals surface area contributed by atoms with Crippen LogP contribution in [0.3, 0.4) is 0 Å². The zero-order valence-corrected chi connectivity index (χ0v) is 18.2. The summed E-state index contributed by atoms with van der Waals surface area (Å²) < 4.78 is 11.8. The molecular formula is C24H31N5O2. The summed E-state index contributed by atoms with van der Waals surface area (Å²) in [6.07, 6.45) is 6.52. The van der Waals surface area contributed by atoms with Crippen LogP contribution in [0.4, 0.5) is 5.82 Å². The summed E-state index contributed by atoms with van der Waals surface area (Å²) in [4.78, 5) is 13.7. The summed E-state index contributed by atoms with van der Waals surface area (Å²) in [7, 11) is 0. The lowest BCUT2D eigenvalue weighted by Gasteiger charge is -2.36. The fraction of sp³-hybridized carbons (Fsp3) is 0.542. The van der Waals surface area contributed by atoms with Gasteiger partial charge in [0.2, 0.25) is 0 Å². The zero-order valence-electron chi connectivity index (χ0n) is 18.2. The number of ether oxygens (including phenoxy) is 2. The van der Waals surface area contributed by atoms with E-state index in [1.165, 1.54) is 12.8 Å². The highest BCUT2D eigenvalue weighted by molar-refractivity contribution is 6.10. The van der Waals surface area contributed by atoms with E-state index in [4.69, 9.17) is 14.9 Å². The molecule has 1 aliphatic carbocycles. The summed E-state index contributed by atoms with van der Waals surface area (Å²) in [5.41, 5.74) is 1.82. The highest BCUT2D eigenvalue weighted by Crippen LogP contribution is 2.39. The van der Waals surface area contributed by atoms with E-state index >= 15 is 0 Å². The molecular weight excluding hydrogens is 390 g/mol. The number of benzene rings is 1. The van der Waals surface area contributed by atoms with Crippen molar-refractivity contribution in [3.63, 3.8) is 0 Å².